The standard InChI is InChI=1S/C17H19F3N6O.C15H17N5O2/c1-2-9-5-10(16(27)23-8-17(18,19)20)6-11(9)15-25-24-13-7-22-14-12(26(13)15)3-4-21-14;1-2-8-5-9(15(21)22)6-10(8)14-19-18-12-7-17-13-11(20(12)14)3-4-16-13/h3-4,7,9-11,21H,2,5-6,8H2,1H3,(H,23,27);3-4,7-10,16H,2,5-6H2,1H3,(H,21,22)/t9-,10-,11+;8-,9-,10+/m11/s1. The van der Waals surface area contributed by atoms with Gasteiger partial charge in [0.05, 0.1) is 29.3 Å². The molecule has 6 aromatic rings. The second-order valence-electron chi connectivity index (χ2n) is 13.0. The average Bonchev–Trinajstić information content (AvgIpc) is 3.92. The molecule has 0 aliphatic heterocycles. The zero-order chi connectivity index (χ0) is 34.4. The molecule has 49 heavy (non-hydrogen) atoms. The number of carbonyl (C=O) groups is 2. The van der Waals surface area contributed by atoms with Gasteiger partial charge >= 0.3 is 12.1 Å². The van der Waals surface area contributed by atoms with Crippen LogP contribution in [-0.2, 0) is 9.59 Å². The molecule has 14 nitrogen and oxygen atoms in total. The van der Waals surface area contributed by atoms with Crippen molar-refractivity contribution in [1.29, 1.82) is 0 Å². The fourth-order valence-electron chi connectivity index (χ4n) is 7.81. The van der Waals surface area contributed by atoms with Crippen LogP contribution in [0.1, 0.15) is 75.9 Å². The largest absolute Gasteiger partial charge is 0.481 e. The summed E-state index contributed by atoms with van der Waals surface area (Å²) < 4.78 is 41.1. The first-order valence-electron chi connectivity index (χ1n) is 16.5. The molecule has 2 aliphatic carbocycles. The number of carbonyl (C=O) groups excluding carboxylic acids is 1. The van der Waals surface area contributed by atoms with E-state index < -0.39 is 30.5 Å². The number of carboxylic acids is 1. The van der Waals surface area contributed by atoms with Gasteiger partial charge in [0, 0.05) is 30.1 Å². The third-order valence-corrected chi connectivity index (χ3v) is 10.2. The number of H-pyrrole nitrogens is 2. The number of aromatic nitrogens is 10. The number of fused-ring (bicyclic) bond motifs is 6. The third kappa shape index (κ3) is 6.05. The van der Waals surface area contributed by atoms with Crippen molar-refractivity contribution < 1.29 is 27.9 Å². The van der Waals surface area contributed by atoms with Gasteiger partial charge in [0.1, 0.15) is 18.2 Å². The fourth-order valence-corrected chi connectivity index (χ4v) is 7.81. The SMILES string of the molecule is CC[C@@H]1C[C@@H](C(=O)NCC(F)(F)F)C[C@@H]1c1nnc2cnc3[nH]ccc3n12.CC[C@@H]1C[C@@H](C(=O)O)C[C@@H]1c1nnc2cnc3[nH]ccc3n12. The summed E-state index contributed by atoms with van der Waals surface area (Å²) in [5.74, 6) is 0.154. The van der Waals surface area contributed by atoms with Crippen LogP contribution in [0.2, 0.25) is 0 Å². The molecule has 0 spiro atoms. The molecule has 6 heterocycles. The van der Waals surface area contributed by atoms with Crippen LogP contribution < -0.4 is 5.32 Å². The second-order valence-corrected chi connectivity index (χ2v) is 13.0. The molecule has 1 amide bonds. The highest BCUT2D eigenvalue weighted by atomic mass is 19.4. The molecule has 6 atom stereocenters. The van der Waals surface area contributed by atoms with Crippen LogP contribution in [0, 0.1) is 23.7 Å². The van der Waals surface area contributed by atoms with Gasteiger partial charge in [0.15, 0.2) is 22.6 Å². The number of nitrogens with one attached hydrogen (secondary N) is 3. The molecule has 4 N–H and O–H groups in total. The van der Waals surface area contributed by atoms with Gasteiger partial charge in [-0.05, 0) is 49.7 Å². The third-order valence-electron chi connectivity index (χ3n) is 10.2. The van der Waals surface area contributed by atoms with Gasteiger partial charge in [-0.25, -0.2) is 9.97 Å². The molecule has 8 rings (SSSR count). The number of alkyl halides is 3. The predicted octanol–water partition coefficient (Wildman–Crippen LogP) is 5.01. The highest BCUT2D eigenvalue weighted by Gasteiger charge is 2.42. The van der Waals surface area contributed by atoms with Crippen molar-refractivity contribution in [2.24, 2.45) is 23.7 Å². The first-order valence-corrected chi connectivity index (χ1v) is 16.5. The van der Waals surface area contributed by atoms with Gasteiger partial charge < -0.3 is 20.4 Å². The number of hydrogen-bond donors (Lipinski definition) is 4. The molecule has 6 aromatic heterocycles. The Kier molecular flexibility index (Phi) is 8.44. The van der Waals surface area contributed by atoms with Crippen molar-refractivity contribution in [3.63, 3.8) is 0 Å². The molecular formula is C32H36F3N11O3. The van der Waals surface area contributed by atoms with Gasteiger partial charge in [-0.1, -0.05) is 26.7 Å². The zero-order valence-electron chi connectivity index (χ0n) is 26.9. The summed E-state index contributed by atoms with van der Waals surface area (Å²) >= 11 is 0. The first kappa shape index (κ1) is 32.5. The Balaban J connectivity index is 0.000000157. The van der Waals surface area contributed by atoms with Gasteiger partial charge in [0.25, 0.3) is 0 Å². The maximum Gasteiger partial charge on any atom is 0.405 e. The number of amides is 1. The summed E-state index contributed by atoms with van der Waals surface area (Å²) in [6, 6.07) is 3.83. The van der Waals surface area contributed by atoms with Gasteiger partial charge in [-0.2, -0.15) is 13.2 Å². The number of aliphatic carboxylic acids is 1. The van der Waals surface area contributed by atoms with Crippen molar-refractivity contribution in [3.05, 3.63) is 48.6 Å². The molecular weight excluding hydrogens is 643 g/mol. The van der Waals surface area contributed by atoms with E-state index in [0.29, 0.717) is 48.5 Å². The summed E-state index contributed by atoms with van der Waals surface area (Å²) in [6.45, 7) is 2.83. The van der Waals surface area contributed by atoms with E-state index in [-0.39, 0.29) is 23.7 Å². The van der Waals surface area contributed by atoms with Crippen LogP contribution in [0.4, 0.5) is 13.2 Å². The quantitative estimate of drug-likeness (QED) is 0.180. The molecule has 0 aromatic carbocycles. The van der Waals surface area contributed by atoms with Crippen LogP contribution in [0.25, 0.3) is 33.6 Å². The monoisotopic (exact) mass is 679 g/mol. The van der Waals surface area contributed by atoms with E-state index in [9.17, 15) is 27.9 Å². The lowest BCUT2D eigenvalue weighted by Gasteiger charge is -2.16. The van der Waals surface area contributed by atoms with Crippen LogP contribution in [0.5, 0.6) is 0 Å². The van der Waals surface area contributed by atoms with Gasteiger partial charge in [-0.15, -0.1) is 20.4 Å². The lowest BCUT2D eigenvalue weighted by Crippen LogP contribution is -2.37. The van der Waals surface area contributed by atoms with Gasteiger partial charge in [0.2, 0.25) is 5.91 Å². The van der Waals surface area contributed by atoms with Crippen LogP contribution in [-0.4, -0.2) is 78.8 Å². The maximum atomic E-state index is 12.4. The molecule has 0 bridgehead atoms. The summed E-state index contributed by atoms with van der Waals surface area (Å²) in [4.78, 5) is 38.3. The molecule has 2 saturated carbocycles. The Morgan fingerprint density at radius 3 is 1.78 bits per heavy atom. The Bertz CT molecular complexity index is 2130. The van der Waals surface area contributed by atoms with Crippen molar-refractivity contribution in [2.75, 3.05) is 6.54 Å². The van der Waals surface area contributed by atoms with E-state index >= 15 is 0 Å². The molecule has 2 aliphatic rings. The Hall–Kier alpha value is -5.09. The average molecular weight is 680 g/mol. The minimum absolute atomic E-state index is 0.0489. The molecule has 0 unspecified atom stereocenters. The van der Waals surface area contributed by atoms with Crippen LogP contribution in [0.3, 0.4) is 0 Å². The lowest BCUT2D eigenvalue weighted by molar-refractivity contribution is -0.141. The van der Waals surface area contributed by atoms with Gasteiger partial charge in [-0.3, -0.25) is 18.4 Å². The van der Waals surface area contributed by atoms with E-state index in [1.54, 1.807) is 18.6 Å². The number of carboxylic acid groups (broad SMARTS) is 1. The van der Waals surface area contributed by atoms with Crippen LogP contribution >= 0.6 is 0 Å². The van der Waals surface area contributed by atoms with Crippen molar-refractivity contribution in [2.45, 2.75) is 70.4 Å². The van der Waals surface area contributed by atoms with Crippen molar-refractivity contribution in [1.82, 2.24) is 54.4 Å². The summed E-state index contributed by atoms with van der Waals surface area (Å²) in [7, 11) is 0. The summed E-state index contributed by atoms with van der Waals surface area (Å²) in [6.07, 6.45) is 6.63. The molecule has 258 valence electrons. The smallest absolute Gasteiger partial charge is 0.405 e. The number of aromatic amines is 2. The minimum atomic E-state index is -4.41. The van der Waals surface area contributed by atoms with E-state index in [0.717, 1.165) is 41.2 Å². The summed E-state index contributed by atoms with van der Waals surface area (Å²) in [5.41, 5.74) is 4.58. The molecule has 2 fully saturated rings. The van der Waals surface area contributed by atoms with E-state index in [4.69, 9.17) is 0 Å². The summed E-state index contributed by atoms with van der Waals surface area (Å²) in [5, 5.41) is 28.5. The highest BCUT2D eigenvalue weighted by molar-refractivity contribution is 5.79. The van der Waals surface area contributed by atoms with E-state index in [1.807, 2.05) is 39.4 Å². The van der Waals surface area contributed by atoms with Crippen molar-refractivity contribution in [3.8, 4) is 0 Å². The topological polar surface area (TPSA) is 184 Å². The molecule has 0 saturated heterocycles. The Morgan fingerprint density at radius 2 is 1.31 bits per heavy atom. The second kappa shape index (κ2) is 12.7. The van der Waals surface area contributed by atoms with E-state index in [2.05, 4.69) is 47.3 Å². The lowest BCUT2D eigenvalue weighted by atomic mass is 9.93. The van der Waals surface area contributed by atoms with Crippen LogP contribution in [0.15, 0.2) is 36.9 Å². The van der Waals surface area contributed by atoms with Crippen molar-refractivity contribution >= 4 is 45.5 Å². The Morgan fingerprint density at radius 1 is 0.816 bits per heavy atom. The maximum absolute atomic E-state index is 12.4. The minimum Gasteiger partial charge on any atom is -0.481 e. The molecule has 17 heteroatoms. The first-order chi connectivity index (χ1) is 23.6. The molecule has 0 radical (unpaired) electrons. The Labute approximate surface area is 276 Å². The van der Waals surface area contributed by atoms with E-state index in [1.165, 1.54) is 0 Å². The normalized spacial score (nSPS) is 24.2. The fraction of sp³-hybridized carbons (Fsp3) is 0.500. The number of rotatable bonds is 7. The number of hydrogen-bond acceptors (Lipinski definition) is 8. The predicted molar refractivity (Wildman–Crippen MR) is 170 cm³/mol. The highest BCUT2D eigenvalue weighted by Crippen LogP contribution is 2.46. The number of halogens is 3. The zero-order valence-corrected chi connectivity index (χ0v) is 26.9. The number of nitrogens with zero attached hydrogens (tertiary/aromatic N) is 8.